The predicted molar refractivity (Wildman–Crippen MR) is 109 cm³/mol. The predicted octanol–water partition coefficient (Wildman–Crippen LogP) is 3.32. The number of para-hydroxylation sites is 1. The van der Waals surface area contributed by atoms with Crippen LogP contribution >= 0.6 is 0 Å². The average Bonchev–Trinajstić information content (AvgIpc) is 3.00. The Labute approximate surface area is 156 Å². The highest BCUT2D eigenvalue weighted by Crippen LogP contribution is 2.29. The Kier molecular flexibility index (Phi) is 5.55. The number of nitrogens with two attached hydrogens (primary N) is 1. The molecule has 2 amide bonds. The maximum Gasteiger partial charge on any atom is 0.314 e. The van der Waals surface area contributed by atoms with Crippen LogP contribution in [0.2, 0.25) is 0 Å². The fourth-order valence-corrected chi connectivity index (χ4v) is 3.18. The molecule has 0 unspecified atom stereocenters. The lowest BCUT2D eigenvalue weighted by Gasteiger charge is -2.12. The highest BCUT2D eigenvalue weighted by atomic mass is 16.2. The second-order valence-electron chi connectivity index (χ2n) is 6.28. The number of hydrogen-bond donors (Lipinski definition) is 3. The molecule has 0 fully saturated rings. The summed E-state index contributed by atoms with van der Waals surface area (Å²) in [6.45, 7) is 5.82. The van der Waals surface area contributed by atoms with Crippen molar-refractivity contribution in [2.75, 3.05) is 18.8 Å². The minimum Gasteiger partial charge on any atom is -0.382 e. The summed E-state index contributed by atoms with van der Waals surface area (Å²) < 4.78 is 2.18. The third-order valence-electron chi connectivity index (χ3n) is 4.40. The van der Waals surface area contributed by atoms with Gasteiger partial charge >= 0.3 is 6.03 Å². The minimum atomic E-state index is -0.155. The molecule has 0 aliphatic carbocycles. The molecule has 0 saturated carbocycles. The van der Waals surface area contributed by atoms with Crippen LogP contribution in [0.25, 0.3) is 21.9 Å². The molecule has 0 radical (unpaired) electrons. The van der Waals surface area contributed by atoms with E-state index in [9.17, 15) is 4.79 Å². The Bertz CT molecular complexity index is 928. The van der Waals surface area contributed by atoms with Crippen molar-refractivity contribution in [3.63, 3.8) is 0 Å². The summed E-state index contributed by atoms with van der Waals surface area (Å²) in [4.78, 5) is 21.0. The standard InChI is InChI=1S/C19H26N6O.2H2/c1-3-5-10-15-24-16-17(25(15)12-11-22-19(26)21-4-2)13-8-6-7-9-14(13)23-18(16)20;;/h6-9H,3-5,10-12H2,1-2H3,(H2,20,23)(H2,21,22,26);2*1H. The number of nitrogen functional groups attached to an aromatic ring is 1. The van der Waals surface area contributed by atoms with E-state index in [0.717, 1.165) is 47.0 Å². The summed E-state index contributed by atoms with van der Waals surface area (Å²) in [5.41, 5.74) is 8.78. The topological polar surface area (TPSA) is 97.9 Å². The summed E-state index contributed by atoms with van der Waals surface area (Å²) in [5.74, 6) is 1.44. The van der Waals surface area contributed by atoms with Gasteiger partial charge < -0.3 is 20.9 Å². The molecule has 0 bridgehead atoms. The van der Waals surface area contributed by atoms with Crippen LogP contribution in [0.3, 0.4) is 0 Å². The number of imidazole rings is 1. The van der Waals surface area contributed by atoms with E-state index in [0.29, 0.717) is 25.5 Å². The normalized spacial score (nSPS) is 11.2. The van der Waals surface area contributed by atoms with Crippen LogP contribution in [0, 0.1) is 0 Å². The number of aromatic nitrogens is 3. The van der Waals surface area contributed by atoms with Gasteiger partial charge in [0.2, 0.25) is 0 Å². The zero-order valence-corrected chi connectivity index (χ0v) is 15.4. The number of anilines is 1. The van der Waals surface area contributed by atoms with Crippen molar-refractivity contribution in [1.29, 1.82) is 0 Å². The number of nitrogens with zero attached hydrogens (tertiary/aromatic N) is 3. The van der Waals surface area contributed by atoms with Crippen molar-refractivity contribution in [2.45, 2.75) is 39.7 Å². The molecule has 2 aromatic heterocycles. The highest BCUT2D eigenvalue weighted by Gasteiger charge is 2.16. The first-order valence-corrected chi connectivity index (χ1v) is 9.20. The van der Waals surface area contributed by atoms with Crippen LogP contribution in [0.15, 0.2) is 24.3 Å². The zero-order chi connectivity index (χ0) is 18.5. The number of aryl methyl sites for hydroxylation is 1. The van der Waals surface area contributed by atoms with Crippen LogP contribution in [0.4, 0.5) is 10.6 Å². The number of carbonyl (C=O) groups excluding carboxylic acids is 1. The van der Waals surface area contributed by atoms with Crippen molar-refractivity contribution in [3.05, 3.63) is 30.1 Å². The Balaban J connectivity index is 0.00000196. The van der Waals surface area contributed by atoms with Crippen LogP contribution < -0.4 is 16.4 Å². The molecule has 2 heterocycles. The molecule has 7 heteroatoms. The Morgan fingerprint density at radius 2 is 2.04 bits per heavy atom. The number of carbonyl (C=O) groups is 1. The van der Waals surface area contributed by atoms with Gasteiger partial charge in [0.25, 0.3) is 0 Å². The number of benzene rings is 1. The number of urea groups is 1. The molecule has 4 N–H and O–H groups in total. The van der Waals surface area contributed by atoms with Gasteiger partial charge in [-0.05, 0) is 19.4 Å². The molecule has 0 atom stereocenters. The smallest absolute Gasteiger partial charge is 0.314 e. The average molecular weight is 358 g/mol. The molecular weight excluding hydrogens is 328 g/mol. The molecule has 0 aliphatic heterocycles. The molecule has 3 rings (SSSR count). The van der Waals surface area contributed by atoms with Gasteiger partial charge in [-0.15, -0.1) is 0 Å². The van der Waals surface area contributed by atoms with Gasteiger partial charge in [-0.1, -0.05) is 31.5 Å². The zero-order valence-electron chi connectivity index (χ0n) is 15.4. The first-order valence-electron chi connectivity index (χ1n) is 9.20. The number of amides is 2. The molecule has 1 aromatic carbocycles. The maximum absolute atomic E-state index is 11.7. The monoisotopic (exact) mass is 358 g/mol. The number of unbranched alkanes of at least 4 members (excludes halogenated alkanes) is 1. The molecule has 142 valence electrons. The Hall–Kier alpha value is -2.83. The minimum absolute atomic E-state index is 0. The van der Waals surface area contributed by atoms with Gasteiger partial charge in [0.05, 0.1) is 11.0 Å². The van der Waals surface area contributed by atoms with E-state index >= 15 is 0 Å². The van der Waals surface area contributed by atoms with E-state index < -0.39 is 0 Å². The van der Waals surface area contributed by atoms with E-state index in [1.54, 1.807) is 0 Å². The van der Waals surface area contributed by atoms with Gasteiger partial charge in [-0.3, -0.25) is 0 Å². The molecule has 0 aliphatic rings. The molecule has 26 heavy (non-hydrogen) atoms. The molecule has 7 nitrogen and oxygen atoms in total. The third-order valence-corrected chi connectivity index (χ3v) is 4.40. The van der Waals surface area contributed by atoms with Gasteiger partial charge in [0.15, 0.2) is 5.82 Å². The van der Waals surface area contributed by atoms with Crippen LogP contribution in [0.5, 0.6) is 0 Å². The summed E-state index contributed by atoms with van der Waals surface area (Å²) in [7, 11) is 0. The van der Waals surface area contributed by atoms with E-state index in [2.05, 4.69) is 27.1 Å². The van der Waals surface area contributed by atoms with E-state index in [1.807, 2.05) is 31.2 Å². The van der Waals surface area contributed by atoms with Crippen molar-refractivity contribution in [2.24, 2.45) is 0 Å². The lowest BCUT2D eigenvalue weighted by molar-refractivity contribution is 0.241. The largest absolute Gasteiger partial charge is 0.382 e. The first kappa shape index (κ1) is 18.0. The summed E-state index contributed by atoms with van der Waals surface area (Å²) in [5, 5.41) is 6.66. The molecular formula is C19H30N6O. The first-order chi connectivity index (χ1) is 12.7. The molecule has 3 aromatic rings. The summed E-state index contributed by atoms with van der Waals surface area (Å²) in [6, 6.07) is 7.80. The van der Waals surface area contributed by atoms with Crippen LogP contribution in [0.1, 0.15) is 35.4 Å². The van der Waals surface area contributed by atoms with Gasteiger partial charge in [-0.25, -0.2) is 14.8 Å². The number of hydrogen-bond acceptors (Lipinski definition) is 4. The Morgan fingerprint density at radius 3 is 2.81 bits per heavy atom. The van der Waals surface area contributed by atoms with Crippen LogP contribution in [-0.2, 0) is 13.0 Å². The third kappa shape index (κ3) is 3.56. The summed E-state index contributed by atoms with van der Waals surface area (Å²) >= 11 is 0. The summed E-state index contributed by atoms with van der Waals surface area (Å²) in [6.07, 6.45) is 3.02. The van der Waals surface area contributed by atoms with Crippen molar-refractivity contribution in [3.8, 4) is 0 Å². The molecule has 0 saturated heterocycles. The molecule has 0 spiro atoms. The fraction of sp³-hybridized carbons (Fsp3) is 0.421. The second-order valence-corrected chi connectivity index (χ2v) is 6.28. The fourth-order valence-electron chi connectivity index (χ4n) is 3.18. The van der Waals surface area contributed by atoms with Gasteiger partial charge in [-0.2, -0.15) is 0 Å². The van der Waals surface area contributed by atoms with E-state index in [1.165, 1.54) is 0 Å². The van der Waals surface area contributed by atoms with E-state index in [-0.39, 0.29) is 8.88 Å². The maximum atomic E-state index is 11.7. The number of pyridine rings is 1. The van der Waals surface area contributed by atoms with Crippen molar-refractivity contribution < 1.29 is 7.65 Å². The number of rotatable bonds is 7. The van der Waals surface area contributed by atoms with Gasteiger partial charge in [0, 0.05) is 34.3 Å². The quantitative estimate of drug-likeness (QED) is 0.603. The lowest BCUT2D eigenvalue weighted by atomic mass is 10.2. The highest BCUT2D eigenvalue weighted by molar-refractivity contribution is 6.06. The second kappa shape index (κ2) is 8.03. The number of fused-ring (bicyclic) bond motifs is 3. The van der Waals surface area contributed by atoms with Crippen molar-refractivity contribution >= 4 is 33.8 Å². The number of nitrogens with one attached hydrogen (secondary N) is 2. The Morgan fingerprint density at radius 1 is 1.23 bits per heavy atom. The lowest BCUT2D eigenvalue weighted by Crippen LogP contribution is -2.37. The van der Waals surface area contributed by atoms with Crippen molar-refractivity contribution in [1.82, 2.24) is 25.2 Å². The van der Waals surface area contributed by atoms with E-state index in [4.69, 9.17) is 10.7 Å². The van der Waals surface area contributed by atoms with Crippen LogP contribution in [-0.4, -0.2) is 33.7 Å². The van der Waals surface area contributed by atoms with Gasteiger partial charge in [0.1, 0.15) is 11.3 Å². The SMILES string of the molecule is CCCCc1nc2c(N)nc3ccccc3c2n1CCNC(=O)NCC.[HH].[HH].